The van der Waals surface area contributed by atoms with Crippen LogP contribution < -0.4 is 5.73 Å². The largest absolute Gasteiger partial charge is 0.382 e. The average molecular weight is 389 g/mol. The molecule has 20 heavy (non-hydrogen) atoms. The molecule has 2 aliphatic rings. The summed E-state index contributed by atoms with van der Waals surface area (Å²) in [6.45, 7) is 4.63. The quantitative estimate of drug-likeness (QED) is 0.681. The predicted molar refractivity (Wildman–Crippen MR) is 80.9 cm³/mol. The summed E-state index contributed by atoms with van der Waals surface area (Å²) in [5, 5.41) is 8.34. The fraction of sp³-hybridized carbons (Fsp3) is 0.500. The third-order valence-corrected chi connectivity index (χ3v) is 3.64. The molecular formula is C12H16IN5O2. The van der Waals surface area contributed by atoms with Gasteiger partial charge in [0, 0.05) is 6.07 Å². The van der Waals surface area contributed by atoms with Gasteiger partial charge in [0.1, 0.15) is 9.52 Å². The Bertz CT molecular complexity index is 495. The van der Waals surface area contributed by atoms with Gasteiger partial charge in [0.15, 0.2) is 0 Å². The molecule has 0 unspecified atom stereocenters. The molecule has 0 bridgehead atoms. The third kappa shape index (κ3) is 3.13. The second kappa shape index (κ2) is 6.10. The smallest absolute Gasteiger partial charge is 0.145 e. The molecule has 7 nitrogen and oxygen atoms in total. The van der Waals surface area contributed by atoms with E-state index in [1.54, 1.807) is 0 Å². The van der Waals surface area contributed by atoms with E-state index in [0.29, 0.717) is 12.4 Å². The zero-order valence-corrected chi connectivity index (χ0v) is 13.1. The maximum absolute atomic E-state index is 5.47. The van der Waals surface area contributed by atoms with Crippen LogP contribution in [0, 0.1) is 3.70 Å². The van der Waals surface area contributed by atoms with Gasteiger partial charge in [-0.1, -0.05) is 0 Å². The van der Waals surface area contributed by atoms with E-state index in [-0.39, 0.29) is 0 Å². The SMILES string of the molecule is Ic1cc2n(n1)CCOC2.Nc1cc2n(n1)CCOC2. The summed E-state index contributed by atoms with van der Waals surface area (Å²) in [6, 6.07) is 3.90. The van der Waals surface area contributed by atoms with Crippen molar-refractivity contribution in [2.24, 2.45) is 0 Å². The highest BCUT2D eigenvalue weighted by molar-refractivity contribution is 14.1. The number of halogens is 1. The van der Waals surface area contributed by atoms with Crippen molar-refractivity contribution in [3.05, 3.63) is 27.2 Å². The average Bonchev–Trinajstić information content (AvgIpc) is 2.99. The molecule has 2 aliphatic heterocycles. The van der Waals surface area contributed by atoms with E-state index in [4.69, 9.17) is 15.2 Å². The number of ether oxygens (including phenoxy) is 2. The van der Waals surface area contributed by atoms with E-state index in [0.717, 1.165) is 42.3 Å². The van der Waals surface area contributed by atoms with Crippen molar-refractivity contribution >= 4 is 28.4 Å². The minimum atomic E-state index is 0.584. The Morgan fingerprint density at radius 2 is 1.60 bits per heavy atom. The van der Waals surface area contributed by atoms with E-state index in [9.17, 15) is 0 Å². The molecule has 0 radical (unpaired) electrons. The van der Waals surface area contributed by atoms with Crippen molar-refractivity contribution in [2.45, 2.75) is 26.3 Å². The van der Waals surface area contributed by atoms with Crippen LogP contribution in [0.1, 0.15) is 11.4 Å². The predicted octanol–water partition coefficient (Wildman–Crippen LogP) is 1.01. The summed E-state index contributed by atoms with van der Waals surface area (Å²) >= 11 is 2.21. The monoisotopic (exact) mass is 389 g/mol. The molecule has 0 aromatic carbocycles. The lowest BCUT2D eigenvalue weighted by Gasteiger charge is -2.12. The van der Waals surface area contributed by atoms with Crippen LogP contribution in [0.15, 0.2) is 12.1 Å². The molecular weight excluding hydrogens is 373 g/mol. The van der Waals surface area contributed by atoms with Crippen LogP contribution in [-0.4, -0.2) is 32.8 Å². The molecule has 0 amide bonds. The van der Waals surface area contributed by atoms with Gasteiger partial charge < -0.3 is 15.2 Å². The Morgan fingerprint density at radius 3 is 2.20 bits per heavy atom. The fourth-order valence-electron chi connectivity index (χ4n) is 2.17. The second-order valence-corrected chi connectivity index (χ2v) is 5.68. The van der Waals surface area contributed by atoms with Crippen molar-refractivity contribution in [3.8, 4) is 0 Å². The summed E-state index contributed by atoms with van der Waals surface area (Å²) in [6.07, 6.45) is 0. The Hall–Kier alpha value is -1.13. The van der Waals surface area contributed by atoms with Gasteiger partial charge in [-0.05, 0) is 28.7 Å². The molecule has 0 saturated heterocycles. The van der Waals surface area contributed by atoms with Crippen LogP contribution in [0.5, 0.6) is 0 Å². The summed E-state index contributed by atoms with van der Waals surface area (Å²) in [5.41, 5.74) is 7.73. The Morgan fingerprint density at radius 1 is 1.00 bits per heavy atom. The Balaban J connectivity index is 0.000000121. The maximum Gasteiger partial charge on any atom is 0.145 e. The van der Waals surface area contributed by atoms with Gasteiger partial charge in [0.2, 0.25) is 0 Å². The van der Waals surface area contributed by atoms with Gasteiger partial charge >= 0.3 is 0 Å². The molecule has 0 spiro atoms. The van der Waals surface area contributed by atoms with Gasteiger partial charge in [0.05, 0.1) is 50.9 Å². The van der Waals surface area contributed by atoms with Crippen LogP contribution in [0.4, 0.5) is 5.82 Å². The molecule has 108 valence electrons. The van der Waals surface area contributed by atoms with E-state index in [1.807, 2.05) is 15.4 Å². The normalized spacial score (nSPS) is 16.9. The highest BCUT2D eigenvalue weighted by Crippen LogP contribution is 2.12. The van der Waals surface area contributed by atoms with Crippen LogP contribution in [0.3, 0.4) is 0 Å². The number of aromatic nitrogens is 4. The van der Waals surface area contributed by atoms with E-state index >= 15 is 0 Å². The first-order valence-electron chi connectivity index (χ1n) is 6.42. The number of hydrogen-bond acceptors (Lipinski definition) is 5. The van der Waals surface area contributed by atoms with Gasteiger partial charge in [-0.25, -0.2) is 0 Å². The lowest BCUT2D eigenvalue weighted by Crippen LogP contribution is -2.16. The van der Waals surface area contributed by atoms with Crippen molar-refractivity contribution in [3.63, 3.8) is 0 Å². The minimum Gasteiger partial charge on any atom is -0.382 e. The molecule has 2 aromatic heterocycles. The van der Waals surface area contributed by atoms with Crippen LogP contribution in [-0.2, 0) is 35.8 Å². The first-order chi connectivity index (χ1) is 9.72. The maximum atomic E-state index is 5.47. The lowest BCUT2D eigenvalue weighted by atomic mass is 10.4. The minimum absolute atomic E-state index is 0.584. The van der Waals surface area contributed by atoms with Crippen LogP contribution in [0.25, 0.3) is 0 Å². The first-order valence-corrected chi connectivity index (χ1v) is 7.50. The lowest BCUT2D eigenvalue weighted by molar-refractivity contribution is 0.0800. The van der Waals surface area contributed by atoms with E-state index in [2.05, 4.69) is 38.9 Å². The fourth-order valence-corrected chi connectivity index (χ4v) is 2.79. The molecule has 4 heterocycles. The number of nitrogen functional groups attached to an aromatic ring is 1. The van der Waals surface area contributed by atoms with Crippen molar-refractivity contribution in [1.82, 2.24) is 19.6 Å². The number of nitrogens with two attached hydrogens (primary N) is 1. The van der Waals surface area contributed by atoms with Crippen molar-refractivity contribution < 1.29 is 9.47 Å². The summed E-state index contributed by atoms with van der Waals surface area (Å²) in [4.78, 5) is 0. The van der Waals surface area contributed by atoms with Crippen molar-refractivity contribution in [1.29, 1.82) is 0 Å². The molecule has 2 N–H and O–H groups in total. The third-order valence-electron chi connectivity index (χ3n) is 3.11. The van der Waals surface area contributed by atoms with Gasteiger partial charge in [-0.2, -0.15) is 10.2 Å². The zero-order chi connectivity index (χ0) is 13.9. The molecule has 8 heteroatoms. The summed E-state index contributed by atoms with van der Waals surface area (Å²) in [5.74, 6) is 0.584. The summed E-state index contributed by atoms with van der Waals surface area (Å²) < 4.78 is 15.4. The van der Waals surface area contributed by atoms with Gasteiger partial charge in [0.25, 0.3) is 0 Å². The highest BCUT2D eigenvalue weighted by atomic mass is 127. The Kier molecular flexibility index (Phi) is 4.22. The molecule has 4 rings (SSSR count). The number of rotatable bonds is 0. The first kappa shape index (κ1) is 13.8. The molecule has 2 aromatic rings. The molecule has 0 aliphatic carbocycles. The van der Waals surface area contributed by atoms with Crippen LogP contribution >= 0.6 is 22.6 Å². The number of nitrogens with zero attached hydrogens (tertiary/aromatic N) is 4. The highest BCUT2D eigenvalue weighted by Gasteiger charge is 2.10. The van der Waals surface area contributed by atoms with Gasteiger partial charge in [-0.3, -0.25) is 9.36 Å². The standard InChI is InChI=1S/C6H7IN2O.C6H9N3O/c2*7-6-3-5-4-10-2-1-9(5)8-6/h3H,1-2,4H2;3H,1-2,4H2,(H2,7,8). The number of anilines is 1. The Labute approximate surface area is 130 Å². The van der Waals surface area contributed by atoms with Crippen LogP contribution in [0.2, 0.25) is 0 Å². The molecule has 0 saturated carbocycles. The van der Waals surface area contributed by atoms with Gasteiger partial charge in [-0.15, -0.1) is 0 Å². The van der Waals surface area contributed by atoms with Crippen molar-refractivity contribution in [2.75, 3.05) is 18.9 Å². The summed E-state index contributed by atoms with van der Waals surface area (Å²) in [7, 11) is 0. The molecule has 0 atom stereocenters. The zero-order valence-electron chi connectivity index (χ0n) is 11.0. The number of hydrogen-bond donors (Lipinski definition) is 1. The molecule has 0 fully saturated rings. The second-order valence-electron chi connectivity index (χ2n) is 4.57. The van der Waals surface area contributed by atoms with E-state index < -0.39 is 0 Å². The number of fused-ring (bicyclic) bond motifs is 2. The van der Waals surface area contributed by atoms with E-state index in [1.165, 1.54) is 5.69 Å². The topological polar surface area (TPSA) is 80.1 Å².